The molecular formula is C13H13FN2O3. The molecule has 0 saturated heterocycles. The average Bonchev–Trinajstić information content (AvgIpc) is 2.78. The van der Waals surface area contributed by atoms with Crippen LogP contribution in [0.1, 0.15) is 25.1 Å². The van der Waals surface area contributed by atoms with E-state index in [1.54, 1.807) is 7.11 Å². The number of aromatic nitrogens is 2. The molecule has 1 aliphatic carbocycles. The van der Waals surface area contributed by atoms with Crippen LogP contribution >= 0.6 is 0 Å². The molecule has 2 aromatic rings. The summed E-state index contributed by atoms with van der Waals surface area (Å²) in [5, 5.41) is 13.6. The Morgan fingerprint density at radius 2 is 2.21 bits per heavy atom. The van der Waals surface area contributed by atoms with Crippen LogP contribution in [0.2, 0.25) is 0 Å². The fourth-order valence-electron chi connectivity index (χ4n) is 2.22. The third-order valence-corrected chi connectivity index (χ3v) is 3.58. The highest BCUT2D eigenvalue weighted by Crippen LogP contribution is 2.43. The lowest BCUT2D eigenvalue weighted by Crippen LogP contribution is -2.37. The maximum atomic E-state index is 12.9. The number of phenolic OH excluding ortho intramolecular Hbond substituents is 1. The number of methoxy groups -OCH3 is 1. The first-order valence-corrected chi connectivity index (χ1v) is 6.03. The van der Waals surface area contributed by atoms with Crippen LogP contribution in [0.25, 0.3) is 11.5 Å². The molecule has 5 nitrogen and oxygen atoms in total. The summed E-state index contributed by atoms with van der Waals surface area (Å²) >= 11 is 0. The van der Waals surface area contributed by atoms with Crippen molar-refractivity contribution >= 4 is 0 Å². The van der Waals surface area contributed by atoms with E-state index in [4.69, 9.17) is 9.26 Å². The molecule has 1 saturated carbocycles. The Bertz CT molecular complexity index is 602. The summed E-state index contributed by atoms with van der Waals surface area (Å²) < 4.78 is 23.5. The van der Waals surface area contributed by atoms with Gasteiger partial charge in [-0.15, -0.1) is 0 Å². The lowest BCUT2D eigenvalue weighted by Gasteiger charge is -2.37. The van der Waals surface area contributed by atoms with E-state index in [0.717, 1.165) is 25.3 Å². The monoisotopic (exact) mass is 264 g/mol. The third-order valence-electron chi connectivity index (χ3n) is 3.58. The Labute approximate surface area is 109 Å². The van der Waals surface area contributed by atoms with E-state index in [1.807, 2.05) is 0 Å². The smallest absolute Gasteiger partial charge is 0.261 e. The van der Waals surface area contributed by atoms with Crippen LogP contribution in [-0.4, -0.2) is 22.4 Å². The van der Waals surface area contributed by atoms with E-state index in [9.17, 15) is 9.50 Å². The molecule has 0 spiro atoms. The second-order valence-electron chi connectivity index (χ2n) is 4.64. The van der Waals surface area contributed by atoms with E-state index < -0.39 is 11.4 Å². The zero-order valence-electron chi connectivity index (χ0n) is 10.4. The Morgan fingerprint density at radius 1 is 1.42 bits per heavy atom. The molecule has 3 rings (SSSR count). The van der Waals surface area contributed by atoms with E-state index in [-0.39, 0.29) is 11.6 Å². The minimum absolute atomic E-state index is 0.163. The lowest BCUT2D eigenvalue weighted by atomic mass is 9.79. The van der Waals surface area contributed by atoms with Gasteiger partial charge < -0.3 is 14.4 Å². The van der Waals surface area contributed by atoms with Gasteiger partial charge in [0.05, 0.1) is 5.56 Å². The second-order valence-corrected chi connectivity index (χ2v) is 4.64. The minimum atomic E-state index is -0.520. The molecular weight excluding hydrogens is 251 g/mol. The molecule has 0 bridgehead atoms. The predicted octanol–water partition coefficient (Wildman–Crippen LogP) is 2.61. The molecule has 0 atom stereocenters. The van der Waals surface area contributed by atoms with Gasteiger partial charge in [0.2, 0.25) is 5.82 Å². The molecule has 1 aromatic carbocycles. The van der Waals surface area contributed by atoms with Gasteiger partial charge in [0.15, 0.2) is 0 Å². The number of ether oxygens (including phenoxy) is 1. The van der Waals surface area contributed by atoms with Gasteiger partial charge in [-0.25, -0.2) is 4.39 Å². The van der Waals surface area contributed by atoms with Gasteiger partial charge in [0.25, 0.3) is 5.89 Å². The lowest BCUT2D eigenvalue weighted by molar-refractivity contribution is -0.0858. The van der Waals surface area contributed by atoms with Gasteiger partial charge in [-0.1, -0.05) is 5.16 Å². The van der Waals surface area contributed by atoms with Gasteiger partial charge >= 0.3 is 0 Å². The van der Waals surface area contributed by atoms with Crippen molar-refractivity contribution in [3.63, 3.8) is 0 Å². The Balaban J connectivity index is 1.97. The van der Waals surface area contributed by atoms with Crippen molar-refractivity contribution in [2.75, 3.05) is 7.11 Å². The van der Waals surface area contributed by atoms with Crippen molar-refractivity contribution in [2.24, 2.45) is 0 Å². The van der Waals surface area contributed by atoms with Crippen LogP contribution in [0.3, 0.4) is 0 Å². The zero-order valence-corrected chi connectivity index (χ0v) is 10.4. The summed E-state index contributed by atoms with van der Waals surface area (Å²) in [5.41, 5.74) is -0.164. The number of nitrogens with zero attached hydrogens (tertiary/aromatic N) is 2. The highest BCUT2D eigenvalue weighted by molar-refractivity contribution is 5.61. The Kier molecular flexibility index (Phi) is 2.74. The molecule has 0 unspecified atom stereocenters. The number of hydrogen-bond donors (Lipinski definition) is 1. The van der Waals surface area contributed by atoms with E-state index in [1.165, 1.54) is 12.1 Å². The largest absolute Gasteiger partial charge is 0.507 e. The number of benzene rings is 1. The first-order valence-electron chi connectivity index (χ1n) is 6.03. The van der Waals surface area contributed by atoms with Crippen LogP contribution in [0, 0.1) is 5.82 Å². The fourth-order valence-corrected chi connectivity index (χ4v) is 2.22. The van der Waals surface area contributed by atoms with Gasteiger partial charge in [0.1, 0.15) is 17.2 Å². The van der Waals surface area contributed by atoms with E-state index in [2.05, 4.69) is 10.1 Å². The molecule has 100 valence electrons. The maximum Gasteiger partial charge on any atom is 0.261 e. The average molecular weight is 264 g/mol. The van der Waals surface area contributed by atoms with Crippen molar-refractivity contribution in [3.8, 4) is 17.2 Å². The van der Waals surface area contributed by atoms with Gasteiger partial charge in [-0.2, -0.15) is 4.98 Å². The van der Waals surface area contributed by atoms with Crippen LogP contribution in [0.5, 0.6) is 5.75 Å². The van der Waals surface area contributed by atoms with Crippen molar-refractivity contribution in [2.45, 2.75) is 24.9 Å². The summed E-state index contributed by atoms with van der Waals surface area (Å²) in [7, 11) is 1.62. The first-order chi connectivity index (χ1) is 9.14. The molecule has 1 aromatic heterocycles. The van der Waals surface area contributed by atoms with E-state index in [0.29, 0.717) is 11.4 Å². The number of hydrogen-bond acceptors (Lipinski definition) is 5. The molecule has 1 fully saturated rings. The zero-order chi connectivity index (χ0) is 13.5. The highest BCUT2D eigenvalue weighted by atomic mass is 19.1. The van der Waals surface area contributed by atoms with Crippen LogP contribution in [0.15, 0.2) is 22.7 Å². The highest BCUT2D eigenvalue weighted by Gasteiger charge is 2.43. The second kappa shape index (κ2) is 4.31. The molecule has 0 aliphatic heterocycles. The maximum absolute atomic E-state index is 12.9. The third kappa shape index (κ3) is 1.88. The van der Waals surface area contributed by atoms with Crippen molar-refractivity contribution in [1.82, 2.24) is 10.1 Å². The molecule has 6 heteroatoms. The molecule has 19 heavy (non-hydrogen) atoms. The molecule has 0 radical (unpaired) electrons. The number of halogens is 1. The fraction of sp³-hybridized carbons (Fsp3) is 0.385. The topological polar surface area (TPSA) is 68.4 Å². The van der Waals surface area contributed by atoms with E-state index >= 15 is 0 Å². The number of phenols is 1. The Morgan fingerprint density at radius 3 is 2.79 bits per heavy atom. The number of rotatable bonds is 3. The molecule has 0 amide bonds. The summed E-state index contributed by atoms with van der Waals surface area (Å²) in [4.78, 5) is 4.25. The van der Waals surface area contributed by atoms with Gasteiger partial charge in [-0.05, 0) is 31.4 Å². The minimum Gasteiger partial charge on any atom is -0.507 e. The normalized spacial score (nSPS) is 17.2. The van der Waals surface area contributed by atoms with Gasteiger partial charge in [-0.3, -0.25) is 0 Å². The molecule has 1 aliphatic rings. The van der Waals surface area contributed by atoms with Crippen LogP contribution in [-0.2, 0) is 10.3 Å². The Hall–Kier alpha value is -1.95. The summed E-state index contributed by atoms with van der Waals surface area (Å²) in [6, 6.07) is 3.64. The molecule has 1 heterocycles. The number of aromatic hydroxyl groups is 1. The van der Waals surface area contributed by atoms with Crippen LogP contribution in [0.4, 0.5) is 4.39 Å². The quantitative estimate of drug-likeness (QED) is 0.922. The van der Waals surface area contributed by atoms with Crippen LogP contribution < -0.4 is 0 Å². The SMILES string of the molecule is COC1(c2noc(-c3ccc(F)cc3O)n2)CCC1. The summed E-state index contributed by atoms with van der Waals surface area (Å²) in [5.74, 6) is -0.112. The standard InChI is InChI=1S/C13H13FN2O3/c1-18-13(5-2-6-13)12-15-11(19-16-12)9-4-3-8(14)7-10(9)17/h3-4,7,17H,2,5-6H2,1H3. The summed E-state index contributed by atoms with van der Waals surface area (Å²) in [6.45, 7) is 0. The first kappa shape index (κ1) is 12.1. The summed E-state index contributed by atoms with van der Waals surface area (Å²) in [6.07, 6.45) is 2.75. The molecule has 1 N–H and O–H groups in total. The van der Waals surface area contributed by atoms with Crippen molar-refractivity contribution < 1.29 is 18.8 Å². The van der Waals surface area contributed by atoms with Crippen molar-refractivity contribution in [1.29, 1.82) is 0 Å². The van der Waals surface area contributed by atoms with Crippen molar-refractivity contribution in [3.05, 3.63) is 29.8 Å². The van der Waals surface area contributed by atoms with Gasteiger partial charge in [0, 0.05) is 13.2 Å². The predicted molar refractivity (Wildman–Crippen MR) is 63.9 cm³/mol.